The molecule has 0 N–H and O–H groups in total. The fourth-order valence-corrected chi connectivity index (χ4v) is 9.42. The van der Waals surface area contributed by atoms with Gasteiger partial charge in [0, 0.05) is 49.8 Å². The minimum absolute atomic E-state index is 0. The van der Waals surface area contributed by atoms with Crippen LogP contribution in [0.15, 0.2) is 188 Å². The van der Waals surface area contributed by atoms with Crippen LogP contribution in [0.2, 0.25) is 0 Å². The van der Waals surface area contributed by atoms with Gasteiger partial charge in [-0.3, -0.25) is 4.57 Å². The number of para-hydroxylation sites is 3. The Balaban J connectivity index is 0.00000456. The van der Waals surface area contributed by atoms with Crippen molar-refractivity contribution in [1.29, 1.82) is 0 Å². The molecule has 0 radical (unpaired) electrons. The molecule has 3 heterocycles. The van der Waals surface area contributed by atoms with Crippen LogP contribution in [0.3, 0.4) is 0 Å². The Morgan fingerprint density at radius 2 is 1.12 bits per heavy atom. The molecule has 3 aromatic heterocycles. The SMILES string of the molecule is CC(C)(C)c1ccnc(-n2c3[c-]c(Oc4[c-]c(-n5[c-][n+](-c6cccc7c6-c6ccccc6-c6ccccc6-c6ccccc6-7)c6ccccc65)ccc4)ccc3c3ccccc32)c1.[Pt]. The topological polar surface area (TPSA) is 35.9 Å². The number of ether oxygens (including phenoxy) is 1. The number of pyridine rings is 1. The van der Waals surface area contributed by atoms with Crippen LogP contribution in [-0.2, 0) is 26.5 Å². The first-order valence-corrected chi connectivity index (χ1v) is 21.4. The zero-order valence-corrected chi connectivity index (χ0v) is 37.7. The van der Waals surface area contributed by atoms with Gasteiger partial charge in [0.25, 0.3) is 6.33 Å². The quantitative estimate of drug-likeness (QED) is 0.127. The maximum atomic E-state index is 6.64. The predicted molar refractivity (Wildman–Crippen MR) is 254 cm³/mol. The smallest absolute Gasteiger partial charge is 0.268 e. The summed E-state index contributed by atoms with van der Waals surface area (Å²) in [5.41, 5.74) is 16.6. The van der Waals surface area contributed by atoms with Crippen molar-refractivity contribution in [3.63, 3.8) is 0 Å². The summed E-state index contributed by atoms with van der Waals surface area (Å²) in [6.45, 7) is 6.68. The fourth-order valence-electron chi connectivity index (χ4n) is 9.42. The van der Waals surface area contributed by atoms with Crippen LogP contribution in [0.5, 0.6) is 11.5 Å². The van der Waals surface area contributed by atoms with Gasteiger partial charge in [-0.25, -0.2) is 4.98 Å². The summed E-state index contributed by atoms with van der Waals surface area (Å²) in [7, 11) is 0. The molecule has 0 aliphatic heterocycles. The minimum Gasteiger partial charge on any atom is -0.510 e. The average molecular weight is 1000 g/mol. The van der Waals surface area contributed by atoms with Gasteiger partial charge >= 0.3 is 0 Å². The Morgan fingerprint density at radius 3 is 1.86 bits per heavy atom. The Bertz CT molecular complexity index is 3600. The molecule has 0 amide bonds. The van der Waals surface area contributed by atoms with Gasteiger partial charge in [-0.2, -0.15) is 18.2 Å². The standard InChI is InChI=1S/C58H40N4O.Pt/c1-58(2,3)38-32-33-59-56(34-38)62-51-26-11-10-23-47(51)48-31-30-41(36-55(48)62)63-40-17-14-16-39(35-40)60-37-61(53-28-13-12-27-52(53)60)54-29-15-25-50-46-21-7-6-20-44(46)42-18-4-5-19-43(42)45-22-8-9-24-49(45)57(50)54;/h4-34H,1-3H3;/q-2;. The molecule has 6 heteroatoms. The summed E-state index contributed by atoms with van der Waals surface area (Å²) in [6.07, 6.45) is 5.68. The molecule has 11 aromatic rings. The molecule has 0 saturated heterocycles. The molecule has 8 aromatic carbocycles. The van der Waals surface area contributed by atoms with Crippen molar-refractivity contribution in [2.45, 2.75) is 26.2 Å². The van der Waals surface area contributed by atoms with Crippen molar-refractivity contribution in [1.82, 2.24) is 14.1 Å². The van der Waals surface area contributed by atoms with Crippen molar-refractivity contribution in [3.8, 4) is 73.2 Å². The summed E-state index contributed by atoms with van der Waals surface area (Å²) in [5, 5.41) is 2.22. The molecule has 0 fully saturated rings. The molecule has 310 valence electrons. The number of imidazole rings is 1. The maximum absolute atomic E-state index is 6.64. The summed E-state index contributed by atoms with van der Waals surface area (Å²) in [4.78, 5) is 4.85. The van der Waals surface area contributed by atoms with Gasteiger partial charge in [0.15, 0.2) is 0 Å². The molecule has 12 rings (SSSR count). The average Bonchev–Trinajstić information content (AvgIpc) is 3.87. The second-order valence-corrected chi connectivity index (χ2v) is 17.2. The van der Waals surface area contributed by atoms with E-state index in [0.717, 1.165) is 55.6 Å². The van der Waals surface area contributed by atoms with Crippen LogP contribution in [0.4, 0.5) is 0 Å². The molecule has 1 aliphatic rings. The summed E-state index contributed by atoms with van der Waals surface area (Å²) in [5.74, 6) is 2.01. The number of benzene rings is 8. The van der Waals surface area contributed by atoms with Gasteiger partial charge in [0.2, 0.25) is 0 Å². The molecule has 0 spiro atoms. The van der Waals surface area contributed by atoms with Gasteiger partial charge in [0.05, 0.1) is 16.7 Å². The molecule has 1 aliphatic carbocycles. The van der Waals surface area contributed by atoms with Crippen molar-refractivity contribution in [2.24, 2.45) is 0 Å². The third kappa shape index (κ3) is 6.42. The minimum atomic E-state index is -0.0269. The molecule has 0 bridgehead atoms. The number of nitrogens with zero attached hydrogens (tertiary/aromatic N) is 4. The van der Waals surface area contributed by atoms with Crippen molar-refractivity contribution < 1.29 is 30.4 Å². The van der Waals surface area contributed by atoms with E-state index in [4.69, 9.17) is 9.72 Å². The predicted octanol–water partition coefficient (Wildman–Crippen LogP) is 13.9. The van der Waals surface area contributed by atoms with Gasteiger partial charge in [-0.15, -0.1) is 29.7 Å². The fraction of sp³-hybridized carbons (Fsp3) is 0.0690. The molecule has 5 nitrogen and oxygen atoms in total. The van der Waals surface area contributed by atoms with Gasteiger partial charge in [0.1, 0.15) is 5.82 Å². The third-order valence-electron chi connectivity index (χ3n) is 12.4. The van der Waals surface area contributed by atoms with Crippen LogP contribution in [0, 0.1) is 18.5 Å². The van der Waals surface area contributed by atoms with E-state index >= 15 is 0 Å². The summed E-state index contributed by atoms with van der Waals surface area (Å²) < 4.78 is 13.1. The number of aromatic nitrogens is 4. The molecule has 0 unspecified atom stereocenters. The largest absolute Gasteiger partial charge is 0.510 e. The van der Waals surface area contributed by atoms with Crippen molar-refractivity contribution in [2.75, 3.05) is 0 Å². The van der Waals surface area contributed by atoms with E-state index in [9.17, 15) is 0 Å². The van der Waals surface area contributed by atoms with Gasteiger partial charge in [-0.1, -0.05) is 154 Å². The van der Waals surface area contributed by atoms with E-state index in [1.54, 1.807) is 0 Å². The first-order valence-electron chi connectivity index (χ1n) is 21.4. The Morgan fingerprint density at radius 1 is 0.531 bits per heavy atom. The monoisotopic (exact) mass is 1000 g/mol. The van der Waals surface area contributed by atoms with Crippen LogP contribution in [0.25, 0.3) is 94.5 Å². The first kappa shape index (κ1) is 39.5. The van der Waals surface area contributed by atoms with Crippen LogP contribution in [-0.4, -0.2) is 14.1 Å². The van der Waals surface area contributed by atoms with Crippen molar-refractivity contribution in [3.05, 3.63) is 212 Å². The van der Waals surface area contributed by atoms with Crippen LogP contribution >= 0.6 is 0 Å². The van der Waals surface area contributed by atoms with E-state index in [0.29, 0.717) is 11.5 Å². The Kier molecular flexibility index (Phi) is 9.56. The normalized spacial score (nSPS) is 11.9. The second kappa shape index (κ2) is 15.5. The van der Waals surface area contributed by atoms with E-state index in [1.807, 2.05) is 24.4 Å². The molecule has 0 saturated carbocycles. The van der Waals surface area contributed by atoms with E-state index in [-0.39, 0.29) is 26.5 Å². The summed E-state index contributed by atoms with van der Waals surface area (Å²) in [6, 6.07) is 71.4. The summed E-state index contributed by atoms with van der Waals surface area (Å²) >= 11 is 0. The number of fused-ring (bicyclic) bond motifs is 12. The first-order chi connectivity index (χ1) is 30.9. The van der Waals surface area contributed by atoms with E-state index < -0.39 is 0 Å². The molecule has 0 atom stereocenters. The van der Waals surface area contributed by atoms with Crippen molar-refractivity contribution >= 4 is 32.8 Å². The maximum Gasteiger partial charge on any atom is 0.268 e. The number of hydrogen-bond acceptors (Lipinski definition) is 2. The Hall–Kier alpha value is -7.33. The molecular formula is C58H40N4OPt-2. The Labute approximate surface area is 386 Å². The molecule has 64 heavy (non-hydrogen) atoms. The zero-order valence-electron chi connectivity index (χ0n) is 35.4. The van der Waals surface area contributed by atoms with Crippen LogP contribution in [0.1, 0.15) is 26.3 Å². The van der Waals surface area contributed by atoms with Gasteiger partial charge < -0.3 is 13.9 Å². The number of hydrogen-bond donors (Lipinski definition) is 0. The number of rotatable bonds is 5. The van der Waals surface area contributed by atoms with Crippen LogP contribution < -0.4 is 9.30 Å². The van der Waals surface area contributed by atoms with E-state index in [1.165, 1.54) is 44.5 Å². The molecular weight excluding hydrogens is 964 g/mol. The third-order valence-corrected chi connectivity index (χ3v) is 12.4. The second-order valence-electron chi connectivity index (χ2n) is 17.2. The van der Waals surface area contributed by atoms with E-state index in [2.05, 4.69) is 217 Å². The van der Waals surface area contributed by atoms with Gasteiger partial charge in [-0.05, 0) is 85.3 Å². The zero-order chi connectivity index (χ0) is 42.2.